The molecule has 158 valence electrons. The quantitative estimate of drug-likeness (QED) is 0.161. The predicted molar refractivity (Wildman–Crippen MR) is 116 cm³/mol. The van der Waals surface area contributed by atoms with Crippen LogP contribution in [0, 0.1) is 10.8 Å². The van der Waals surface area contributed by atoms with Gasteiger partial charge in [0.25, 0.3) is 0 Å². The maximum absolute atomic E-state index is 12.5. The fourth-order valence-corrected chi connectivity index (χ4v) is 3.51. The Morgan fingerprint density at radius 1 is 0.964 bits per heavy atom. The molecule has 1 rings (SSSR count). The lowest BCUT2D eigenvalue weighted by atomic mass is 9.80. The van der Waals surface area contributed by atoms with Gasteiger partial charge in [-0.2, -0.15) is 0 Å². The number of hydrogen-bond acceptors (Lipinski definition) is 4. The Kier molecular flexibility index (Phi) is 12.3. The molecular formula is C24H39NO3. The van der Waals surface area contributed by atoms with Crippen molar-refractivity contribution in [2.24, 2.45) is 5.41 Å². The second-order valence-electron chi connectivity index (χ2n) is 7.62. The van der Waals surface area contributed by atoms with E-state index in [1.807, 2.05) is 13.8 Å². The molecule has 0 aliphatic rings. The molecule has 28 heavy (non-hydrogen) atoms. The van der Waals surface area contributed by atoms with Crippen LogP contribution in [0.5, 0.6) is 0 Å². The SMILES string of the molecule is CCCCCCCCc1ccc(CCC(CC)(COC=N)C(=O)OCC)cc1. The summed E-state index contributed by atoms with van der Waals surface area (Å²) in [5.41, 5.74) is 1.92. The topological polar surface area (TPSA) is 59.4 Å². The summed E-state index contributed by atoms with van der Waals surface area (Å²) in [7, 11) is 0. The van der Waals surface area contributed by atoms with Crippen LogP contribution in [0.1, 0.15) is 83.3 Å². The van der Waals surface area contributed by atoms with Crippen molar-refractivity contribution in [2.75, 3.05) is 13.2 Å². The van der Waals surface area contributed by atoms with Crippen molar-refractivity contribution in [1.29, 1.82) is 5.41 Å². The minimum atomic E-state index is -0.690. The van der Waals surface area contributed by atoms with Gasteiger partial charge in [-0.05, 0) is 50.2 Å². The number of esters is 1. The van der Waals surface area contributed by atoms with Crippen molar-refractivity contribution in [3.05, 3.63) is 35.4 Å². The average molecular weight is 390 g/mol. The van der Waals surface area contributed by atoms with Gasteiger partial charge < -0.3 is 9.47 Å². The lowest BCUT2D eigenvalue weighted by Gasteiger charge is -2.29. The van der Waals surface area contributed by atoms with Gasteiger partial charge in [-0.25, -0.2) is 0 Å². The Morgan fingerprint density at radius 3 is 2.14 bits per heavy atom. The maximum Gasteiger partial charge on any atom is 0.315 e. The minimum absolute atomic E-state index is 0.196. The molecule has 0 amide bonds. The van der Waals surface area contributed by atoms with Crippen molar-refractivity contribution >= 4 is 12.4 Å². The van der Waals surface area contributed by atoms with E-state index in [0.717, 1.165) is 19.2 Å². The minimum Gasteiger partial charge on any atom is -0.483 e. The van der Waals surface area contributed by atoms with Gasteiger partial charge >= 0.3 is 5.97 Å². The standard InChI is InChI=1S/C24H39NO3/c1-4-7-8-9-10-11-12-21-13-15-22(16-14-21)17-18-24(5-2,19-27-20-25)23(26)28-6-3/h13-16,20,25H,4-12,17-19H2,1-3H3. The molecule has 0 saturated carbocycles. The predicted octanol–water partition coefficient (Wildman–Crippen LogP) is 6.11. The molecule has 0 saturated heterocycles. The van der Waals surface area contributed by atoms with Gasteiger partial charge in [-0.15, -0.1) is 0 Å². The van der Waals surface area contributed by atoms with E-state index < -0.39 is 5.41 Å². The Morgan fingerprint density at radius 2 is 1.57 bits per heavy atom. The van der Waals surface area contributed by atoms with Crippen LogP contribution in [-0.2, 0) is 27.1 Å². The molecule has 0 spiro atoms. The van der Waals surface area contributed by atoms with E-state index in [2.05, 4.69) is 31.2 Å². The van der Waals surface area contributed by atoms with E-state index in [9.17, 15) is 4.79 Å². The van der Waals surface area contributed by atoms with E-state index >= 15 is 0 Å². The van der Waals surface area contributed by atoms with Crippen LogP contribution in [0.4, 0.5) is 0 Å². The van der Waals surface area contributed by atoms with Crippen molar-refractivity contribution in [3.63, 3.8) is 0 Å². The van der Waals surface area contributed by atoms with E-state index in [1.165, 1.54) is 49.7 Å². The molecule has 0 aromatic heterocycles. The first kappa shape index (κ1) is 24.2. The third kappa shape index (κ3) is 8.45. The van der Waals surface area contributed by atoms with Crippen LogP contribution in [0.2, 0.25) is 0 Å². The van der Waals surface area contributed by atoms with Gasteiger partial charge in [-0.3, -0.25) is 10.2 Å². The highest BCUT2D eigenvalue weighted by Crippen LogP contribution is 2.31. The molecule has 1 aromatic carbocycles. The number of nitrogens with one attached hydrogen (secondary N) is 1. The monoisotopic (exact) mass is 389 g/mol. The fourth-order valence-electron chi connectivity index (χ4n) is 3.51. The molecule has 4 heteroatoms. The molecule has 0 bridgehead atoms. The van der Waals surface area contributed by atoms with Crippen molar-refractivity contribution in [1.82, 2.24) is 0 Å². The highest BCUT2D eigenvalue weighted by Gasteiger charge is 2.38. The summed E-state index contributed by atoms with van der Waals surface area (Å²) in [4.78, 5) is 12.5. The number of rotatable bonds is 16. The molecule has 1 atom stereocenters. The second kappa shape index (κ2) is 14.2. The largest absolute Gasteiger partial charge is 0.483 e. The van der Waals surface area contributed by atoms with E-state index in [4.69, 9.17) is 14.9 Å². The summed E-state index contributed by atoms with van der Waals surface area (Å²) in [6.07, 6.45) is 12.1. The Hall–Kier alpha value is -1.84. The zero-order valence-electron chi connectivity index (χ0n) is 18.1. The average Bonchev–Trinajstić information content (AvgIpc) is 2.72. The molecule has 4 nitrogen and oxygen atoms in total. The Balaban J connectivity index is 2.56. The van der Waals surface area contributed by atoms with Gasteiger partial charge in [0.05, 0.1) is 6.61 Å². The molecule has 1 N–H and O–H groups in total. The third-order valence-electron chi connectivity index (χ3n) is 5.56. The molecule has 0 aliphatic carbocycles. The summed E-state index contributed by atoms with van der Waals surface area (Å²) < 4.78 is 10.5. The third-order valence-corrected chi connectivity index (χ3v) is 5.56. The van der Waals surface area contributed by atoms with Gasteiger partial charge in [0.1, 0.15) is 12.0 Å². The Labute approximate surface area is 171 Å². The molecule has 0 radical (unpaired) electrons. The van der Waals surface area contributed by atoms with E-state index in [0.29, 0.717) is 19.4 Å². The summed E-state index contributed by atoms with van der Waals surface area (Å²) in [5, 5.41) is 7.12. The zero-order chi connectivity index (χ0) is 20.7. The molecule has 0 fully saturated rings. The van der Waals surface area contributed by atoms with E-state index in [-0.39, 0.29) is 12.6 Å². The number of unbranched alkanes of at least 4 members (excludes halogenated alkanes) is 5. The van der Waals surface area contributed by atoms with Crippen LogP contribution < -0.4 is 0 Å². The van der Waals surface area contributed by atoms with Crippen molar-refractivity contribution in [2.45, 2.75) is 85.0 Å². The fraction of sp³-hybridized carbons (Fsp3) is 0.667. The van der Waals surface area contributed by atoms with Crippen molar-refractivity contribution in [3.8, 4) is 0 Å². The number of ether oxygens (including phenoxy) is 2. The van der Waals surface area contributed by atoms with Crippen LogP contribution >= 0.6 is 0 Å². The first-order valence-electron chi connectivity index (χ1n) is 11.0. The summed E-state index contributed by atoms with van der Waals surface area (Å²) in [6.45, 7) is 6.60. The van der Waals surface area contributed by atoms with Crippen LogP contribution in [0.25, 0.3) is 0 Å². The van der Waals surface area contributed by atoms with Crippen molar-refractivity contribution < 1.29 is 14.3 Å². The second-order valence-corrected chi connectivity index (χ2v) is 7.62. The van der Waals surface area contributed by atoms with E-state index in [1.54, 1.807) is 0 Å². The summed E-state index contributed by atoms with van der Waals surface area (Å²) >= 11 is 0. The van der Waals surface area contributed by atoms with Gasteiger partial charge in [0.15, 0.2) is 6.40 Å². The molecule has 1 aromatic rings. The molecular weight excluding hydrogens is 350 g/mol. The lowest BCUT2D eigenvalue weighted by molar-refractivity contribution is -0.158. The van der Waals surface area contributed by atoms with Gasteiger partial charge in [0.2, 0.25) is 0 Å². The molecule has 1 unspecified atom stereocenters. The number of carbonyl (C=O) groups is 1. The van der Waals surface area contributed by atoms with Crippen LogP contribution in [-0.4, -0.2) is 25.6 Å². The first-order chi connectivity index (χ1) is 13.6. The van der Waals surface area contributed by atoms with Crippen LogP contribution in [0.15, 0.2) is 24.3 Å². The normalized spacial score (nSPS) is 13.0. The van der Waals surface area contributed by atoms with Gasteiger partial charge in [0, 0.05) is 0 Å². The maximum atomic E-state index is 12.5. The highest BCUT2D eigenvalue weighted by molar-refractivity contribution is 5.77. The van der Waals surface area contributed by atoms with Crippen LogP contribution in [0.3, 0.4) is 0 Å². The summed E-state index contributed by atoms with van der Waals surface area (Å²) in [6, 6.07) is 8.78. The molecule has 0 heterocycles. The lowest BCUT2D eigenvalue weighted by Crippen LogP contribution is -2.37. The Bertz CT molecular complexity index is 555. The molecule has 0 aliphatic heterocycles. The number of hydrogen-bond donors (Lipinski definition) is 1. The first-order valence-corrected chi connectivity index (χ1v) is 11.0. The number of aryl methyl sites for hydroxylation is 2. The zero-order valence-corrected chi connectivity index (χ0v) is 18.1. The van der Waals surface area contributed by atoms with Gasteiger partial charge in [-0.1, -0.05) is 70.2 Å². The smallest absolute Gasteiger partial charge is 0.315 e. The summed E-state index contributed by atoms with van der Waals surface area (Å²) in [5.74, 6) is -0.223. The number of benzene rings is 1. The highest BCUT2D eigenvalue weighted by atomic mass is 16.5. The number of carbonyl (C=O) groups excluding carboxylic acids is 1.